The standard InChI is InChI=1S/C16H15N3O3S/c1-10-8-9-23-12(10)13(20)18-19-14(21)16(2,17-15(19)22)11-6-4-3-5-7-11/h3-9H,1-2H3,(H,17,22)(H,18,20)/t16-/m0/s1. The molecule has 3 rings (SSSR count). The first kappa shape index (κ1) is 15.2. The van der Waals surface area contributed by atoms with E-state index in [9.17, 15) is 14.4 Å². The number of carbonyl (C=O) groups excluding carboxylic acids is 3. The van der Waals surface area contributed by atoms with Crippen molar-refractivity contribution in [2.75, 3.05) is 0 Å². The third kappa shape index (κ3) is 2.49. The summed E-state index contributed by atoms with van der Waals surface area (Å²) in [5, 5.41) is 5.16. The highest BCUT2D eigenvalue weighted by Crippen LogP contribution is 2.28. The van der Waals surface area contributed by atoms with E-state index in [0.29, 0.717) is 10.4 Å². The van der Waals surface area contributed by atoms with Crippen molar-refractivity contribution in [3.05, 3.63) is 57.8 Å². The van der Waals surface area contributed by atoms with E-state index in [1.54, 1.807) is 49.6 Å². The molecular formula is C16H15N3O3S. The maximum Gasteiger partial charge on any atom is 0.344 e. The molecule has 1 aromatic heterocycles. The van der Waals surface area contributed by atoms with Gasteiger partial charge in [-0.15, -0.1) is 11.3 Å². The lowest BCUT2D eigenvalue weighted by molar-refractivity contribution is -0.132. The number of thiophene rings is 1. The number of amides is 4. The van der Waals surface area contributed by atoms with Gasteiger partial charge in [0.05, 0.1) is 4.88 Å². The molecule has 0 spiro atoms. The molecule has 6 nitrogen and oxygen atoms in total. The van der Waals surface area contributed by atoms with Crippen LogP contribution < -0.4 is 10.7 Å². The van der Waals surface area contributed by atoms with E-state index in [0.717, 1.165) is 10.6 Å². The second kappa shape index (κ2) is 5.51. The Kier molecular flexibility index (Phi) is 3.65. The lowest BCUT2D eigenvalue weighted by Crippen LogP contribution is -2.47. The molecule has 0 radical (unpaired) electrons. The van der Waals surface area contributed by atoms with Crippen molar-refractivity contribution in [2.45, 2.75) is 19.4 Å². The quantitative estimate of drug-likeness (QED) is 0.847. The number of carbonyl (C=O) groups is 3. The molecule has 1 aliphatic heterocycles. The maximum absolute atomic E-state index is 12.7. The van der Waals surface area contributed by atoms with E-state index in [4.69, 9.17) is 0 Å². The number of hydrogen-bond donors (Lipinski definition) is 2. The number of urea groups is 1. The number of aryl methyl sites for hydroxylation is 1. The van der Waals surface area contributed by atoms with E-state index in [1.165, 1.54) is 11.3 Å². The number of benzene rings is 1. The van der Waals surface area contributed by atoms with Gasteiger partial charge in [-0.3, -0.25) is 15.0 Å². The Balaban J connectivity index is 1.85. The Bertz CT molecular complexity index is 787. The summed E-state index contributed by atoms with van der Waals surface area (Å²) in [6.45, 7) is 3.41. The largest absolute Gasteiger partial charge is 0.344 e. The van der Waals surface area contributed by atoms with Crippen molar-refractivity contribution < 1.29 is 14.4 Å². The first-order valence-electron chi connectivity index (χ1n) is 7.01. The Morgan fingerprint density at radius 2 is 1.91 bits per heavy atom. The molecule has 0 saturated carbocycles. The molecule has 2 heterocycles. The second-order valence-corrected chi connectivity index (χ2v) is 6.35. The van der Waals surface area contributed by atoms with Crippen LogP contribution in [0.1, 0.15) is 27.7 Å². The van der Waals surface area contributed by atoms with Crippen LogP contribution in [0.2, 0.25) is 0 Å². The van der Waals surface area contributed by atoms with Crippen LogP contribution in [0.4, 0.5) is 4.79 Å². The van der Waals surface area contributed by atoms with Gasteiger partial charge in [-0.25, -0.2) is 4.79 Å². The Labute approximate surface area is 137 Å². The van der Waals surface area contributed by atoms with Gasteiger partial charge >= 0.3 is 6.03 Å². The van der Waals surface area contributed by atoms with Crippen LogP contribution in [-0.2, 0) is 10.3 Å². The zero-order chi connectivity index (χ0) is 16.6. The van der Waals surface area contributed by atoms with Crippen LogP contribution in [0.3, 0.4) is 0 Å². The summed E-state index contributed by atoms with van der Waals surface area (Å²) in [6.07, 6.45) is 0. The molecule has 0 aliphatic carbocycles. The van der Waals surface area contributed by atoms with E-state index >= 15 is 0 Å². The summed E-state index contributed by atoms with van der Waals surface area (Å²) < 4.78 is 0. The van der Waals surface area contributed by atoms with Gasteiger partial charge in [0.1, 0.15) is 5.54 Å². The summed E-state index contributed by atoms with van der Waals surface area (Å²) in [5.41, 5.74) is 2.64. The van der Waals surface area contributed by atoms with E-state index in [1.807, 2.05) is 6.07 Å². The summed E-state index contributed by atoms with van der Waals surface area (Å²) >= 11 is 1.26. The number of hydrogen-bond acceptors (Lipinski definition) is 4. The lowest BCUT2D eigenvalue weighted by Gasteiger charge is -2.22. The molecule has 7 heteroatoms. The molecule has 1 aliphatic rings. The third-order valence-electron chi connectivity index (χ3n) is 3.82. The van der Waals surface area contributed by atoms with Gasteiger partial charge in [0.2, 0.25) is 0 Å². The predicted octanol–water partition coefficient (Wildman–Crippen LogP) is 2.17. The summed E-state index contributed by atoms with van der Waals surface area (Å²) in [7, 11) is 0. The Morgan fingerprint density at radius 1 is 1.22 bits per heavy atom. The van der Waals surface area contributed by atoms with Crippen molar-refractivity contribution in [1.82, 2.24) is 15.8 Å². The fourth-order valence-electron chi connectivity index (χ4n) is 2.47. The van der Waals surface area contributed by atoms with Gasteiger partial charge in [0.15, 0.2) is 0 Å². The zero-order valence-corrected chi connectivity index (χ0v) is 13.4. The highest BCUT2D eigenvalue weighted by Gasteiger charge is 2.50. The van der Waals surface area contributed by atoms with Crippen LogP contribution in [0.25, 0.3) is 0 Å². The minimum absolute atomic E-state index is 0.471. The molecule has 1 atom stereocenters. The van der Waals surface area contributed by atoms with Gasteiger partial charge in [0, 0.05) is 0 Å². The summed E-state index contributed by atoms with van der Waals surface area (Å²) in [4.78, 5) is 37.5. The minimum atomic E-state index is -1.20. The van der Waals surface area contributed by atoms with Crippen molar-refractivity contribution >= 4 is 29.2 Å². The zero-order valence-electron chi connectivity index (χ0n) is 12.6. The first-order chi connectivity index (χ1) is 10.9. The fraction of sp³-hybridized carbons (Fsp3) is 0.188. The summed E-state index contributed by atoms with van der Waals surface area (Å²) in [5.74, 6) is -0.991. The number of hydrazine groups is 1. The van der Waals surface area contributed by atoms with Gasteiger partial charge < -0.3 is 5.32 Å². The van der Waals surface area contributed by atoms with Gasteiger partial charge in [-0.2, -0.15) is 5.01 Å². The van der Waals surface area contributed by atoms with E-state index in [-0.39, 0.29) is 0 Å². The van der Waals surface area contributed by atoms with E-state index < -0.39 is 23.4 Å². The van der Waals surface area contributed by atoms with Crippen LogP contribution in [0, 0.1) is 6.92 Å². The minimum Gasteiger partial charge on any atom is -0.318 e. The van der Waals surface area contributed by atoms with Crippen molar-refractivity contribution in [2.24, 2.45) is 0 Å². The predicted molar refractivity (Wildman–Crippen MR) is 85.7 cm³/mol. The molecule has 23 heavy (non-hydrogen) atoms. The van der Waals surface area contributed by atoms with Gasteiger partial charge in [-0.1, -0.05) is 30.3 Å². The van der Waals surface area contributed by atoms with Crippen molar-refractivity contribution in [3.8, 4) is 0 Å². The molecule has 118 valence electrons. The van der Waals surface area contributed by atoms with E-state index in [2.05, 4.69) is 10.7 Å². The van der Waals surface area contributed by atoms with Gasteiger partial charge in [0.25, 0.3) is 11.8 Å². The topological polar surface area (TPSA) is 78.5 Å². The maximum atomic E-state index is 12.7. The van der Waals surface area contributed by atoms with Crippen LogP contribution in [-0.4, -0.2) is 22.9 Å². The number of rotatable bonds is 3. The smallest absolute Gasteiger partial charge is 0.318 e. The molecule has 1 aromatic carbocycles. The van der Waals surface area contributed by atoms with Crippen LogP contribution in [0.15, 0.2) is 41.8 Å². The molecule has 0 bridgehead atoms. The SMILES string of the molecule is Cc1ccsc1C(=O)NN1C(=O)N[C@@](C)(c2ccccc2)C1=O. The summed E-state index contributed by atoms with van der Waals surface area (Å²) in [6, 6.07) is 10.1. The lowest BCUT2D eigenvalue weighted by atomic mass is 9.92. The molecule has 2 N–H and O–H groups in total. The fourth-order valence-corrected chi connectivity index (χ4v) is 3.28. The van der Waals surface area contributed by atoms with Gasteiger partial charge in [-0.05, 0) is 36.4 Å². The number of nitrogens with zero attached hydrogens (tertiary/aromatic N) is 1. The average molecular weight is 329 g/mol. The monoisotopic (exact) mass is 329 g/mol. The normalized spacial score (nSPS) is 20.5. The first-order valence-corrected chi connectivity index (χ1v) is 7.89. The number of imide groups is 1. The highest BCUT2D eigenvalue weighted by molar-refractivity contribution is 7.12. The second-order valence-electron chi connectivity index (χ2n) is 5.44. The van der Waals surface area contributed by atoms with Crippen LogP contribution >= 0.6 is 11.3 Å². The number of nitrogens with one attached hydrogen (secondary N) is 2. The molecular weight excluding hydrogens is 314 g/mol. The molecule has 4 amide bonds. The Hall–Kier alpha value is -2.67. The average Bonchev–Trinajstić information content (AvgIpc) is 3.06. The third-order valence-corrected chi connectivity index (χ3v) is 4.84. The van der Waals surface area contributed by atoms with Crippen LogP contribution in [0.5, 0.6) is 0 Å². The molecule has 1 fully saturated rings. The van der Waals surface area contributed by atoms with Crippen molar-refractivity contribution in [3.63, 3.8) is 0 Å². The highest BCUT2D eigenvalue weighted by atomic mass is 32.1. The Morgan fingerprint density at radius 3 is 2.52 bits per heavy atom. The molecule has 2 aromatic rings. The molecule has 0 unspecified atom stereocenters. The molecule has 1 saturated heterocycles. The van der Waals surface area contributed by atoms with Crippen molar-refractivity contribution in [1.29, 1.82) is 0 Å².